The molecule has 1 aliphatic heterocycles. The molecule has 1 fully saturated rings. The Morgan fingerprint density at radius 1 is 1.50 bits per heavy atom. The molecular formula is C16H22N2OS. The van der Waals surface area contributed by atoms with Crippen LogP contribution in [0.2, 0.25) is 0 Å². The summed E-state index contributed by atoms with van der Waals surface area (Å²) in [6.45, 7) is 4.37. The summed E-state index contributed by atoms with van der Waals surface area (Å²) in [7, 11) is 0. The molecule has 4 heteroatoms. The first kappa shape index (κ1) is 15.1. The first-order valence-electron chi connectivity index (χ1n) is 7.31. The quantitative estimate of drug-likeness (QED) is 0.870. The van der Waals surface area contributed by atoms with Crippen molar-refractivity contribution in [2.24, 2.45) is 11.7 Å². The molecule has 0 saturated carbocycles. The number of piperidine rings is 1. The van der Waals surface area contributed by atoms with E-state index < -0.39 is 0 Å². The monoisotopic (exact) mass is 290 g/mol. The minimum atomic E-state index is 0.150. The summed E-state index contributed by atoms with van der Waals surface area (Å²) in [6.07, 6.45) is 4.82. The molecule has 1 aromatic rings. The highest BCUT2D eigenvalue weighted by molar-refractivity contribution is 7.10. The maximum atomic E-state index is 12.4. The molecule has 0 atom stereocenters. The molecule has 1 saturated heterocycles. The number of nitrogens with zero attached hydrogens (tertiary/aromatic N) is 1. The highest BCUT2D eigenvalue weighted by Gasteiger charge is 2.23. The van der Waals surface area contributed by atoms with Gasteiger partial charge in [0.25, 0.3) is 5.91 Å². The Labute approximate surface area is 125 Å². The van der Waals surface area contributed by atoms with Crippen LogP contribution in [0.5, 0.6) is 0 Å². The van der Waals surface area contributed by atoms with Gasteiger partial charge in [-0.1, -0.05) is 31.6 Å². The van der Waals surface area contributed by atoms with Crippen LogP contribution in [0.25, 0.3) is 0 Å². The predicted octanol–water partition coefficient (Wildman–Crippen LogP) is 2.71. The molecule has 0 radical (unpaired) electrons. The summed E-state index contributed by atoms with van der Waals surface area (Å²) < 4.78 is 0. The molecule has 0 spiro atoms. The molecule has 1 aliphatic rings. The number of hydrogen-bond donors (Lipinski definition) is 1. The van der Waals surface area contributed by atoms with E-state index in [1.165, 1.54) is 24.2 Å². The minimum Gasteiger partial charge on any atom is -0.339 e. The number of carbonyl (C=O) groups is 1. The highest BCUT2D eigenvalue weighted by Crippen LogP contribution is 2.24. The highest BCUT2D eigenvalue weighted by atomic mass is 32.1. The Morgan fingerprint density at radius 3 is 2.90 bits per heavy atom. The Hall–Kier alpha value is -1.31. The van der Waals surface area contributed by atoms with Crippen LogP contribution in [0.1, 0.15) is 47.8 Å². The fraction of sp³-hybridized carbons (Fsp3) is 0.562. The molecule has 0 unspecified atom stereocenters. The second-order valence-corrected chi connectivity index (χ2v) is 6.14. The smallest absolute Gasteiger partial charge is 0.254 e. The topological polar surface area (TPSA) is 46.3 Å². The van der Waals surface area contributed by atoms with Gasteiger partial charge in [-0.3, -0.25) is 4.79 Å². The lowest BCUT2D eigenvalue weighted by Gasteiger charge is -2.31. The lowest BCUT2D eigenvalue weighted by molar-refractivity contribution is 0.0687. The van der Waals surface area contributed by atoms with Crippen LogP contribution in [0, 0.1) is 17.8 Å². The zero-order chi connectivity index (χ0) is 14.4. The molecule has 108 valence electrons. The van der Waals surface area contributed by atoms with Gasteiger partial charge in [-0.25, -0.2) is 0 Å². The number of nitrogens with two attached hydrogens (primary N) is 1. The van der Waals surface area contributed by atoms with E-state index in [0.717, 1.165) is 42.3 Å². The molecule has 1 aromatic heterocycles. The van der Waals surface area contributed by atoms with Crippen LogP contribution in [0.3, 0.4) is 0 Å². The Morgan fingerprint density at radius 2 is 2.25 bits per heavy atom. The number of amides is 1. The van der Waals surface area contributed by atoms with Gasteiger partial charge >= 0.3 is 0 Å². The van der Waals surface area contributed by atoms with Gasteiger partial charge in [0.1, 0.15) is 0 Å². The summed E-state index contributed by atoms with van der Waals surface area (Å²) in [5.41, 5.74) is 6.12. The second kappa shape index (κ2) is 7.47. The van der Waals surface area contributed by atoms with Gasteiger partial charge in [0, 0.05) is 18.5 Å². The number of hydrogen-bond acceptors (Lipinski definition) is 3. The molecule has 2 rings (SSSR count). The zero-order valence-corrected chi connectivity index (χ0v) is 12.8. The van der Waals surface area contributed by atoms with Crippen molar-refractivity contribution >= 4 is 17.2 Å². The first-order valence-corrected chi connectivity index (χ1v) is 8.19. The van der Waals surface area contributed by atoms with Crippen molar-refractivity contribution < 1.29 is 4.79 Å². The van der Waals surface area contributed by atoms with Crippen LogP contribution in [0.4, 0.5) is 0 Å². The molecule has 0 aromatic carbocycles. The fourth-order valence-electron chi connectivity index (χ4n) is 2.67. The predicted molar refractivity (Wildman–Crippen MR) is 83.8 cm³/mol. The summed E-state index contributed by atoms with van der Waals surface area (Å²) in [5, 5.41) is 1.90. The SMILES string of the molecule is CCCC1CCN(C(=O)c2csc(C#CCN)c2)CC1. The van der Waals surface area contributed by atoms with Crippen molar-refractivity contribution in [2.45, 2.75) is 32.6 Å². The van der Waals surface area contributed by atoms with E-state index >= 15 is 0 Å². The summed E-state index contributed by atoms with van der Waals surface area (Å²) in [5.74, 6) is 6.75. The molecule has 1 amide bonds. The van der Waals surface area contributed by atoms with E-state index in [0.29, 0.717) is 6.54 Å². The average Bonchev–Trinajstić information content (AvgIpc) is 2.94. The van der Waals surface area contributed by atoms with Gasteiger partial charge in [-0.05, 0) is 24.8 Å². The Balaban J connectivity index is 1.93. The minimum absolute atomic E-state index is 0.150. The number of rotatable bonds is 3. The van der Waals surface area contributed by atoms with Gasteiger partial charge in [0.2, 0.25) is 0 Å². The van der Waals surface area contributed by atoms with Crippen molar-refractivity contribution in [3.05, 3.63) is 21.9 Å². The summed E-state index contributed by atoms with van der Waals surface area (Å²) in [6, 6.07) is 1.88. The lowest BCUT2D eigenvalue weighted by Crippen LogP contribution is -2.38. The standard InChI is InChI=1S/C16H22N2OS/c1-2-4-13-6-9-18(10-7-13)16(19)14-11-15(20-12-14)5-3-8-17/h11-13H,2,4,6-10,17H2,1H3. The van der Waals surface area contributed by atoms with Crippen molar-refractivity contribution in [1.82, 2.24) is 4.90 Å². The lowest BCUT2D eigenvalue weighted by atomic mass is 9.92. The van der Waals surface area contributed by atoms with Crippen LogP contribution < -0.4 is 5.73 Å². The van der Waals surface area contributed by atoms with Gasteiger partial charge in [0.05, 0.1) is 17.0 Å². The van der Waals surface area contributed by atoms with E-state index in [2.05, 4.69) is 18.8 Å². The fourth-order valence-corrected chi connectivity index (χ4v) is 3.42. The van der Waals surface area contributed by atoms with Gasteiger partial charge in [0.15, 0.2) is 0 Å². The Kier molecular flexibility index (Phi) is 5.63. The van der Waals surface area contributed by atoms with E-state index in [9.17, 15) is 4.79 Å². The van der Waals surface area contributed by atoms with E-state index in [1.807, 2.05) is 16.3 Å². The summed E-state index contributed by atoms with van der Waals surface area (Å²) in [4.78, 5) is 15.3. The molecule has 3 nitrogen and oxygen atoms in total. The van der Waals surface area contributed by atoms with Crippen molar-refractivity contribution in [3.63, 3.8) is 0 Å². The maximum absolute atomic E-state index is 12.4. The number of carbonyl (C=O) groups excluding carboxylic acids is 1. The summed E-state index contributed by atoms with van der Waals surface area (Å²) >= 11 is 1.51. The van der Waals surface area contributed by atoms with Gasteiger partial charge < -0.3 is 10.6 Å². The molecule has 2 heterocycles. The molecule has 2 N–H and O–H groups in total. The van der Waals surface area contributed by atoms with Gasteiger partial charge in [-0.15, -0.1) is 11.3 Å². The van der Waals surface area contributed by atoms with Crippen LogP contribution in [-0.2, 0) is 0 Å². The molecule has 20 heavy (non-hydrogen) atoms. The normalized spacial score (nSPS) is 15.8. The van der Waals surface area contributed by atoms with E-state index in [-0.39, 0.29) is 5.91 Å². The third kappa shape index (κ3) is 3.84. The number of likely N-dealkylation sites (tertiary alicyclic amines) is 1. The van der Waals surface area contributed by atoms with Crippen molar-refractivity contribution in [3.8, 4) is 11.8 Å². The van der Waals surface area contributed by atoms with Crippen LogP contribution in [0.15, 0.2) is 11.4 Å². The van der Waals surface area contributed by atoms with Crippen LogP contribution >= 0.6 is 11.3 Å². The zero-order valence-electron chi connectivity index (χ0n) is 12.0. The molecular weight excluding hydrogens is 268 g/mol. The van der Waals surface area contributed by atoms with Crippen molar-refractivity contribution in [1.29, 1.82) is 0 Å². The average molecular weight is 290 g/mol. The first-order chi connectivity index (χ1) is 9.74. The molecule has 0 bridgehead atoms. The second-order valence-electron chi connectivity index (χ2n) is 5.23. The Bertz CT molecular complexity index is 504. The van der Waals surface area contributed by atoms with Crippen LogP contribution in [-0.4, -0.2) is 30.4 Å². The van der Waals surface area contributed by atoms with Gasteiger partial charge in [-0.2, -0.15) is 0 Å². The largest absolute Gasteiger partial charge is 0.339 e. The molecule has 0 aliphatic carbocycles. The maximum Gasteiger partial charge on any atom is 0.254 e. The number of thiophene rings is 1. The van der Waals surface area contributed by atoms with E-state index in [1.54, 1.807) is 0 Å². The third-order valence-electron chi connectivity index (χ3n) is 3.76. The third-order valence-corrected chi connectivity index (χ3v) is 4.60. The van der Waals surface area contributed by atoms with Crippen molar-refractivity contribution in [2.75, 3.05) is 19.6 Å². The van der Waals surface area contributed by atoms with E-state index in [4.69, 9.17) is 5.73 Å².